The number of benzene rings is 3. The van der Waals surface area contributed by atoms with Gasteiger partial charge in [-0.15, -0.1) is 0 Å². The van der Waals surface area contributed by atoms with Gasteiger partial charge in [0.1, 0.15) is 17.2 Å². The molecule has 0 aliphatic heterocycles. The Balaban J connectivity index is 1.12. The zero-order valence-electron chi connectivity index (χ0n) is 45.8. The predicted molar refractivity (Wildman–Crippen MR) is 299 cm³/mol. The van der Waals surface area contributed by atoms with E-state index in [9.17, 15) is 23.6 Å². The molecule has 416 valence electrons. The van der Waals surface area contributed by atoms with Crippen LogP contribution in [0.4, 0.5) is 4.39 Å². The summed E-state index contributed by atoms with van der Waals surface area (Å²) in [5, 5.41) is 0. The molecular formula is C64H93FO10. The third-order valence-electron chi connectivity index (χ3n) is 13.4. The van der Waals surface area contributed by atoms with Crippen LogP contribution in [0.3, 0.4) is 0 Å². The highest BCUT2D eigenvalue weighted by Gasteiger charge is 2.16. The molecule has 0 saturated heterocycles. The summed E-state index contributed by atoms with van der Waals surface area (Å²) in [5.41, 5.74) is 0.558. The average molecular weight is 1040 g/mol. The van der Waals surface area contributed by atoms with E-state index < -0.39 is 17.8 Å². The summed E-state index contributed by atoms with van der Waals surface area (Å²) < 4.78 is 47.5. The molecule has 0 amide bonds. The fraction of sp³-hybridized carbons (Fsp3) is 0.594. The second-order valence-corrected chi connectivity index (χ2v) is 19.9. The van der Waals surface area contributed by atoms with Crippen LogP contribution in [0, 0.1) is 5.82 Å². The van der Waals surface area contributed by atoms with Crippen molar-refractivity contribution >= 4 is 23.9 Å². The van der Waals surface area contributed by atoms with Crippen molar-refractivity contribution in [3.8, 4) is 23.0 Å². The summed E-state index contributed by atoms with van der Waals surface area (Å²) in [7, 11) is 0. The quantitative estimate of drug-likeness (QED) is 0.0234. The van der Waals surface area contributed by atoms with Gasteiger partial charge < -0.3 is 28.4 Å². The van der Waals surface area contributed by atoms with E-state index in [4.69, 9.17) is 28.4 Å². The lowest BCUT2D eigenvalue weighted by atomic mass is 10.0. The van der Waals surface area contributed by atoms with Crippen molar-refractivity contribution in [3.05, 3.63) is 109 Å². The molecule has 75 heavy (non-hydrogen) atoms. The summed E-state index contributed by atoms with van der Waals surface area (Å²) in [6.45, 7) is 9.03. The minimum Gasteiger partial charge on any atom is -0.494 e. The molecule has 0 saturated carbocycles. The van der Waals surface area contributed by atoms with E-state index in [1.54, 1.807) is 48.5 Å². The number of ether oxygens (including phenoxy) is 6. The standard InChI is InChI=1S/C64H93FO10/c1-3-61(66)72-51-37-33-29-25-21-17-13-9-5-7-11-15-19-23-27-31-35-49-70-56-43-39-54(40-44-56)63(68)74-58-47-48-60(59(65)53-58)75-64(69)55-41-45-57(46-42-55)71-50-36-32-28-24-20-16-12-8-6-10-14-18-22-26-30-34-38-52-73-62(67)4-2/h3-4,39-48,53H,1-2,5-38,49-52H2. The highest BCUT2D eigenvalue weighted by atomic mass is 19.1. The van der Waals surface area contributed by atoms with Gasteiger partial charge in [-0.05, 0) is 86.3 Å². The van der Waals surface area contributed by atoms with E-state index in [0.717, 1.165) is 57.4 Å². The molecule has 3 aromatic rings. The molecule has 0 fully saturated rings. The molecule has 10 nitrogen and oxygen atoms in total. The number of esters is 4. The fourth-order valence-corrected chi connectivity index (χ4v) is 8.88. The number of carbonyl (C=O) groups excluding carboxylic acids is 4. The molecule has 0 unspecified atom stereocenters. The van der Waals surface area contributed by atoms with Gasteiger partial charge in [0.2, 0.25) is 0 Å². The average Bonchev–Trinajstić information content (AvgIpc) is 3.42. The number of carbonyl (C=O) groups is 4. The third kappa shape index (κ3) is 33.3. The minimum absolute atomic E-state index is 0.0101. The first-order valence-corrected chi connectivity index (χ1v) is 29.1. The van der Waals surface area contributed by atoms with Crippen molar-refractivity contribution in [1.29, 1.82) is 0 Å². The minimum atomic E-state index is -0.831. The van der Waals surface area contributed by atoms with Crippen LogP contribution in [0.5, 0.6) is 23.0 Å². The number of hydrogen-bond donors (Lipinski definition) is 0. The second kappa shape index (κ2) is 43.8. The molecule has 0 heterocycles. The van der Waals surface area contributed by atoms with Crippen LogP contribution in [0.1, 0.15) is 239 Å². The summed E-state index contributed by atoms with van der Waals surface area (Å²) in [5.74, 6) is -1.79. The van der Waals surface area contributed by atoms with Gasteiger partial charge in [-0.1, -0.05) is 206 Å². The van der Waals surface area contributed by atoms with E-state index in [1.165, 1.54) is 191 Å². The normalized spacial score (nSPS) is 10.9. The Morgan fingerprint density at radius 1 is 0.347 bits per heavy atom. The largest absolute Gasteiger partial charge is 0.494 e. The summed E-state index contributed by atoms with van der Waals surface area (Å²) >= 11 is 0. The number of rotatable bonds is 48. The number of unbranched alkanes of at least 4 members (excludes halogenated alkanes) is 32. The van der Waals surface area contributed by atoms with Crippen molar-refractivity contribution in [3.63, 3.8) is 0 Å². The van der Waals surface area contributed by atoms with Crippen molar-refractivity contribution in [2.24, 2.45) is 0 Å². The third-order valence-corrected chi connectivity index (χ3v) is 13.4. The first-order chi connectivity index (χ1) is 36.8. The monoisotopic (exact) mass is 1040 g/mol. The van der Waals surface area contributed by atoms with E-state index in [2.05, 4.69) is 13.2 Å². The summed E-state index contributed by atoms with van der Waals surface area (Å²) in [6, 6.07) is 17.0. The smallest absolute Gasteiger partial charge is 0.343 e. The summed E-state index contributed by atoms with van der Waals surface area (Å²) in [6.07, 6.45) is 44.4. The van der Waals surface area contributed by atoms with Gasteiger partial charge in [-0.3, -0.25) is 0 Å². The summed E-state index contributed by atoms with van der Waals surface area (Å²) in [4.78, 5) is 47.7. The van der Waals surface area contributed by atoms with Crippen LogP contribution in [0.2, 0.25) is 0 Å². The Bertz CT molecular complexity index is 1980. The second-order valence-electron chi connectivity index (χ2n) is 19.9. The molecular weight excluding hydrogens is 948 g/mol. The van der Waals surface area contributed by atoms with Crippen LogP contribution in [-0.2, 0) is 19.1 Å². The van der Waals surface area contributed by atoms with Crippen molar-refractivity contribution in [2.45, 2.75) is 218 Å². The molecule has 0 aromatic heterocycles. The first kappa shape index (κ1) is 63.8. The van der Waals surface area contributed by atoms with Crippen molar-refractivity contribution < 1.29 is 52.0 Å². The lowest BCUT2D eigenvalue weighted by Crippen LogP contribution is -2.11. The molecule has 0 aliphatic rings. The zero-order chi connectivity index (χ0) is 53.7. The predicted octanol–water partition coefficient (Wildman–Crippen LogP) is 17.7. The maximum Gasteiger partial charge on any atom is 0.343 e. The Hall–Kier alpha value is -5.45. The first-order valence-electron chi connectivity index (χ1n) is 29.1. The molecule has 0 N–H and O–H groups in total. The zero-order valence-corrected chi connectivity index (χ0v) is 45.8. The fourth-order valence-electron chi connectivity index (χ4n) is 8.88. The Morgan fingerprint density at radius 3 is 0.907 bits per heavy atom. The van der Waals surface area contributed by atoms with Crippen LogP contribution < -0.4 is 18.9 Å². The van der Waals surface area contributed by atoms with Gasteiger partial charge in [-0.25, -0.2) is 23.6 Å². The van der Waals surface area contributed by atoms with Gasteiger partial charge in [0.25, 0.3) is 0 Å². The van der Waals surface area contributed by atoms with Gasteiger partial charge >= 0.3 is 23.9 Å². The lowest BCUT2D eigenvalue weighted by molar-refractivity contribution is -0.138. The molecule has 0 spiro atoms. The van der Waals surface area contributed by atoms with Gasteiger partial charge in [0, 0.05) is 18.2 Å². The Kier molecular flexibility index (Phi) is 37.2. The Morgan fingerprint density at radius 2 is 0.613 bits per heavy atom. The molecule has 3 rings (SSSR count). The van der Waals surface area contributed by atoms with Crippen LogP contribution >= 0.6 is 0 Å². The molecule has 0 radical (unpaired) electrons. The number of hydrogen-bond acceptors (Lipinski definition) is 10. The van der Waals surface area contributed by atoms with Crippen LogP contribution in [0.15, 0.2) is 92.0 Å². The molecule has 0 aliphatic carbocycles. The maximum atomic E-state index is 15.0. The van der Waals surface area contributed by atoms with Crippen LogP contribution in [0.25, 0.3) is 0 Å². The highest BCUT2D eigenvalue weighted by molar-refractivity contribution is 5.92. The molecule has 3 aromatic carbocycles. The SMILES string of the molecule is C=CC(=O)OCCCCCCCCCCCCCCCCCCCOc1ccc(C(=O)Oc2ccc(OC(=O)c3ccc(OCCCCCCCCCCCCCCCCCCCOC(=O)C=C)cc3)c(F)c2)cc1. The maximum absolute atomic E-state index is 15.0. The van der Waals surface area contributed by atoms with Crippen molar-refractivity contribution in [2.75, 3.05) is 26.4 Å². The molecule has 11 heteroatoms. The molecule has 0 bridgehead atoms. The van der Waals surface area contributed by atoms with Gasteiger partial charge in [0.15, 0.2) is 11.6 Å². The lowest BCUT2D eigenvalue weighted by Gasteiger charge is -2.10. The van der Waals surface area contributed by atoms with E-state index in [0.29, 0.717) is 43.5 Å². The van der Waals surface area contributed by atoms with Gasteiger partial charge in [-0.2, -0.15) is 0 Å². The van der Waals surface area contributed by atoms with Gasteiger partial charge in [0.05, 0.1) is 37.6 Å². The van der Waals surface area contributed by atoms with E-state index in [1.807, 2.05) is 0 Å². The van der Waals surface area contributed by atoms with Crippen molar-refractivity contribution in [1.82, 2.24) is 0 Å². The molecule has 0 atom stereocenters. The number of halogens is 1. The van der Waals surface area contributed by atoms with E-state index >= 15 is 0 Å². The highest BCUT2D eigenvalue weighted by Crippen LogP contribution is 2.26. The Labute approximate surface area is 450 Å². The van der Waals surface area contributed by atoms with Crippen LogP contribution in [-0.4, -0.2) is 50.3 Å². The topological polar surface area (TPSA) is 124 Å². The van der Waals surface area contributed by atoms with E-state index in [-0.39, 0.29) is 29.0 Å².